The first kappa shape index (κ1) is 21.0. The maximum absolute atomic E-state index is 13.7. The van der Waals surface area contributed by atoms with E-state index in [0.29, 0.717) is 18.0 Å². The van der Waals surface area contributed by atoms with Crippen LogP contribution < -0.4 is 5.56 Å². The predicted molar refractivity (Wildman–Crippen MR) is 101 cm³/mol. The number of hydrogen-bond acceptors (Lipinski definition) is 3. The topological polar surface area (TPSA) is 59.6 Å². The molecule has 3 aromatic rings. The van der Waals surface area contributed by atoms with E-state index >= 15 is 0 Å². The van der Waals surface area contributed by atoms with Crippen molar-refractivity contribution in [3.63, 3.8) is 0 Å². The van der Waals surface area contributed by atoms with E-state index in [4.69, 9.17) is 0 Å². The van der Waals surface area contributed by atoms with Gasteiger partial charge in [-0.25, -0.2) is 13.8 Å². The van der Waals surface area contributed by atoms with Gasteiger partial charge in [-0.2, -0.15) is 13.2 Å². The summed E-state index contributed by atoms with van der Waals surface area (Å²) in [6, 6.07) is 2.38. The van der Waals surface area contributed by atoms with Gasteiger partial charge in [-0.1, -0.05) is 0 Å². The lowest BCUT2D eigenvalue weighted by molar-refractivity contribution is -0.140. The molecule has 1 amide bonds. The first-order chi connectivity index (χ1) is 14.6. The molecule has 11 heteroatoms. The van der Waals surface area contributed by atoms with Crippen molar-refractivity contribution < 1.29 is 26.7 Å². The number of benzene rings is 1. The maximum Gasteiger partial charge on any atom is 0.419 e. The molecule has 0 saturated carbocycles. The number of hydrogen-bond donors (Lipinski definition) is 0. The molecule has 6 nitrogen and oxygen atoms in total. The minimum Gasteiger partial charge on any atom is -0.338 e. The summed E-state index contributed by atoms with van der Waals surface area (Å²) in [7, 11) is 0. The van der Waals surface area contributed by atoms with Gasteiger partial charge in [-0.3, -0.25) is 14.0 Å². The predicted octanol–water partition coefficient (Wildman–Crippen LogP) is 3.20. The summed E-state index contributed by atoms with van der Waals surface area (Å²) in [5.41, 5.74) is -2.30. The Balaban J connectivity index is 1.79. The number of rotatable bonds is 3. The third-order valence-electron chi connectivity index (χ3n) is 5.28. The number of amides is 1. The van der Waals surface area contributed by atoms with Gasteiger partial charge < -0.3 is 9.47 Å². The SMILES string of the molecule is Cc1nc(-c2ccc(F)c(C(F)(F)F)c2)c2c(=O)n(CC(=O)N3CCC(F)C3)ccn12. The minimum absolute atomic E-state index is 0.0390. The Morgan fingerprint density at radius 2 is 2.00 bits per heavy atom. The lowest BCUT2D eigenvalue weighted by Gasteiger charge is -2.16. The van der Waals surface area contributed by atoms with E-state index < -0.39 is 35.2 Å². The molecule has 1 saturated heterocycles. The van der Waals surface area contributed by atoms with Gasteiger partial charge in [0.15, 0.2) is 0 Å². The van der Waals surface area contributed by atoms with Crippen molar-refractivity contribution in [2.24, 2.45) is 0 Å². The molecule has 0 aliphatic carbocycles. The van der Waals surface area contributed by atoms with E-state index in [2.05, 4.69) is 4.98 Å². The van der Waals surface area contributed by atoms with Crippen molar-refractivity contribution in [2.45, 2.75) is 32.2 Å². The molecule has 1 unspecified atom stereocenters. The molecule has 0 bridgehead atoms. The molecule has 3 heterocycles. The largest absolute Gasteiger partial charge is 0.419 e. The highest BCUT2D eigenvalue weighted by molar-refractivity contribution is 5.79. The Kier molecular flexibility index (Phi) is 5.06. The number of aryl methyl sites for hydroxylation is 1. The van der Waals surface area contributed by atoms with Crippen LogP contribution in [0.4, 0.5) is 22.0 Å². The average Bonchev–Trinajstić information content (AvgIpc) is 3.27. The highest BCUT2D eigenvalue weighted by atomic mass is 19.4. The van der Waals surface area contributed by atoms with Crippen LogP contribution in [-0.2, 0) is 17.5 Å². The second-order valence-electron chi connectivity index (χ2n) is 7.38. The summed E-state index contributed by atoms with van der Waals surface area (Å²) < 4.78 is 68.9. The van der Waals surface area contributed by atoms with Crippen LogP contribution in [-0.4, -0.2) is 44.0 Å². The molecule has 1 aromatic carbocycles. The Morgan fingerprint density at radius 1 is 1.26 bits per heavy atom. The molecule has 0 N–H and O–H groups in total. The number of imidazole rings is 1. The number of likely N-dealkylation sites (tertiary alicyclic amines) is 1. The van der Waals surface area contributed by atoms with Crippen molar-refractivity contribution in [3.05, 3.63) is 58.2 Å². The fraction of sp³-hybridized carbons (Fsp3) is 0.350. The molecule has 1 aliphatic rings. The quantitative estimate of drug-likeness (QED) is 0.588. The van der Waals surface area contributed by atoms with E-state index in [-0.39, 0.29) is 42.8 Å². The number of carbonyl (C=O) groups is 1. The first-order valence-corrected chi connectivity index (χ1v) is 9.43. The summed E-state index contributed by atoms with van der Waals surface area (Å²) in [5, 5.41) is 0. The highest BCUT2D eigenvalue weighted by Gasteiger charge is 2.34. The Labute approximate surface area is 172 Å². The zero-order valence-corrected chi connectivity index (χ0v) is 16.3. The van der Waals surface area contributed by atoms with Crippen molar-refractivity contribution in [2.75, 3.05) is 13.1 Å². The molecule has 0 radical (unpaired) electrons. The second-order valence-corrected chi connectivity index (χ2v) is 7.38. The Hall–Kier alpha value is -3.24. The molecule has 0 spiro atoms. The third kappa shape index (κ3) is 3.79. The fourth-order valence-corrected chi connectivity index (χ4v) is 3.69. The molecule has 4 rings (SSSR count). The fourth-order valence-electron chi connectivity index (χ4n) is 3.69. The number of nitrogens with zero attached hydrogens (tertiary/aromatic N) is 4. The lowest BCUT2D eigenvalue weighted by atomic mass is 10.1. The molecule has 164 valence electrons. The van der Waals surface area contributed by atoms with Crippen LogP contribution >= 0.6 is 0 Å². The summed E-state index contributed by atoms with van der Waals surface area (Å²) in [6.07, 6.45) is -2.96. The maximum atomic E-state index is 13.7. The van der Waals surface area contributed by atoms with Gasteiger partial charge in [0.1, 0.15) is 35.6 Å². The second kappa shape index (κ2) is 7.47. The zero-order valence-electron chi connectivity index (χ0n) is 16.3. The smallest absolute Gasteiger partial charge is 0.338 e. The van der Waals surface area contributed by atoms with Crippen LogP contribution in [0.25, 0.3) is 16.8 Å². The van der Waals surface area contributed by atoms with E-state index in [1.807, 2.05) is 0 Å². The van der Waals surface area contributed by atoms with Crippen LogP contribution in [0.3, 0.4) is 0 Å². The molecular weight excluding hydrogens is 423 g/mol. The Morgan fingerprint density at radius 3 is 2.65 bits per heavy atom. The summed E-state index contributed by atoms with van der Waals surface area (Å²) >= 11 is 0. The standard InChI is InChI=1S/C20H17F5N4O2/c1-11-26-17(12-2-3-15(22)14(8-12)20(23,24)25)18-19(31)28(6-7-29(11)18)10-16(30)27-5-4-13(21)9-27/h2-3,6-8,13H,4-5,9-10H2,1H3. The van der Waals surface area contributed by atoms with Crippen LogP contribution in [0.1, 0.15) is 17.8 Å². The van der Waals surface area contributed by atoms with Crippen LogP contribution in [0.2, 0.25) is 0 Å². The average molecular weight is 440 g/mol. The van der Waals surface area contributed by atoms with Crippen LogP contribution in [0.5, 0.6) is 0 Å². The van der Waals surface area contributed by atoms with Crippen molar-refractivity contribution >= 4 is 11.4 Å². The number of alkyl halides is 4. The molecule has 31 heavy (non-hydrogen) atoms. The summed E-state index contributed by atoms with van der Waals surface area (Å²) in [6.45, 7) is 1.43. The first-order valence-electron chi connectivity index (χ1n) is 9.43. The van der Waals surface area contributed by atoms with Gasteiger partial charge in [0.2, 0.25) is 5.91 Å². The van der Waals surface area contributed by atoms with Gasteiger partial charge in [-0.15, -0.1) is 0 Å². The lowest BCUT2D eigenvalue weighted by Crippen LogP contribution is -2.35. The number of halogens is 5. The summed E-state index contributed by atoms with van der Waals surface area (Å²) in [4.78, 5) is 31.0. The van der Waals surface area contributed by atoms with E-state index in [1.54, 1.807) is 6.92 Å². The van der Waals surface area contributed by atoms with Gasteiger partial charge in [0, 0.05) is 24.5 Å². The van der Waals surface area contributed by atoms with Crippen molar-refractivity contribution in [1.29, 1.82) is 0 Å². The van der Waals surface area contributed by atoms with Gasteiger partial charge in [0.05, 0.1) is 12.1 Å². The number of carbonyl (C=O) groups excluding carboxylic acids is 1. The van der Waals surface area contributed by atoms with Gasteiger partial charge >= 0.3 is 6.18 Å². The Bertz CT molecular complexity index is 1230. The zero-order chi connectivity index (χ0) is 22.5. The number of fused-ring (bicyclic) bond motifs is 1. The summed E-state index contributed by atoms with van der Waals surface area (Å²) in [5.74, 6) is -1.54. The van der Waals surface area contributed by atoms with Crippen LogP contribution in [0, 0.1) is 12.7 Å². The molecule has 1 aliphatic heterocycles. The van der Waals surface area contributed by atoms with Crippen molar-refractivity contribution in [3.8, 4) is 11.3 Å². The van der Waals surface area contributed by atoms with E-state index in [1.165, 1.54) is 21.7 Å². The van der Waals surface area contributed by atoms with Crippen molar-refractivity contribution in [1.82, 2.24) is 18.9 Å². The molecule has 2 aromatic heterocycles. The monoisotopic (exact) mass is 440 g/mol. The molecule has 1 atom stereocenters. The van der Waals surface area contributed by atoms with E-state index in [9.17, 15) is 31.5 Å². The van der Waals surface area contributed by atoms with Crippen LogP contribution in [0.15, 0.2) is 35.4 Å². The number of aromatic nitrogens is 3. The highest BCUT2D eigenvalue weighted by Crippen LogP contribution is 2.34. The third-order valence-corrected chi connectivity index (χ3v) is 5.28. The van der Waals surface area contributed by atoms with E-state index in [0.717, 1.165) is 10.6 Å². The minimum atomic E-state index is -4.92. The van der Waals surface area contributed by atoms with Gasteiger partial charge in [-0.05, 0) is 31.5 Å². The molecular formula is C20H17F5N4O2. The molecule has 1 fully saturated rings. The van der Waals surface area contributed by atoms with Gasteiger partial charge in [0.25, 0.3) is 5.56 Å². The normalized spacial score (nSPS) is 17.0.